The van der Waals surface area contributed by atoms with Crippen molar-refractivity contribution < 1.29 is 4.74 Å². The largest absolute Gasteiger partial charge is 0.383 e. The summed E-state index contributed by atoms with van der Waals surface area (Å²) in [6.45, 7) is 5.64. The van der Waals surface area contributed by atoms with E-state index in [4.69, 9.17) is 21.3 Å². The highest BCUT2D eigenvalue weighted by Crippen LogP contribution is 2.32. The van der Waals surface area contributed by atoms with Crippen molar-refractivity contribution in [2.75, 3.05) is 20.3 Å². The molecule has 4 nitrogen and oxygen atoms in total. The fraction of sp³-hybridized carbons (Fsp3) is 0.538. The summed E-state index contributed by atoms with van der Waals surface area (Å²) in [6, 6.07) is -0.00773. The number of aromatic nitrogens is 2. The number of hydrogen-bond acceptors (Lipinski definition) is 6. The number of rotatable bonds is 7. The van der Waals surface area contributed by atoms with E-state index in [0.29, 0.717) is 10.9 Å². The summed E-state index contributed by atoms with van der Waals surface area (Å²) in [5.74, 6) is 0. The molecule has 0 radical (unpaired) electrons. The molecule has 0 amide bonds. The van der Waals surface area contributed by atoms with E-state index in [9.17, 15) is 0 Å². The van der Waals surface area contributed by atoms with E-state index in [1.54, 1.807) is 24.6 Å². The molecule has 2 rings (SSSR count). The van der Waals surface area contributed by atoms with Crippen LogP contribution in [0.3, 0.4) is 0 Å². The van der Waals surface area contributed by atoms with Gasteiger partial charge in [-0.05, 0) is 13.3 Å². The van der Waals surface area contributed by atoms with Gasteiger partial charge in [-0.15, -0.1) is 22.7 Å². The highest BCUT2D eigenvalue weighted by molar-refractivity contribution is 7.16. The van der Waals surface area contributed by atoms with Crippen molar-refractivity contribution in [3.8, 4) is 0 Å². The standard InChI is InChI=1S/C13H18ClN3OS2/c1-4-9-8(2)19-13(17-9)11(15-5-6-18-3)12-16-7-10(14)20-12/h7,11,15H,4-6H2,1-3H3. The van der Waals surface area contributed by atoms with E-state index in [1.807, 2.05) is 0 Å². The van der Waals surface area contributed by atoms with Gasteiger partial charge in [0, 0.05) is 18.5 Å². The van der Waals surface area contributed by atoms with Crippen molar-refractivity contribution in [2.24, 2.45) is 0 Å². The summed E-state index contributed by atoms with van der Waals surface area (Å²) in [4.78, 5) is 10.4. The van der Waals surface area contributed by atoms with Crippen LogP contribution < -0.4 is 5.32 Å². The Bertz CT molecular complexity index is 556. The first-order chi connectivity index (χ1) is 9.65. The van der Waals surface area contributed by atoms with Crippen LogP contribution in [0.15, 0.2) is 6.20 Å². The van der Waals surface area contributed by atoms with Crippen molar-refractivity contribution in [3.05, 3.63) is 31.1 Å². The highest BCUT2D eigenvalue weighted by Gasteiger charge is 2.21. The first kappa shape index (κ1) is 15.9. The third-order valence-corrected chi connectivity index (χ3v) is 5.15. The molecule has 0 saturated heterocycles. The summed E-state index contributed by atoms with van der Waals surface area (Å²) in [5, 5.41) is 5.43. The number of methoxy groups -OCH3 is 1. The Kier molecular flexibility index (Phi) is 5.92. The third kappa shape index (κ3) is 3.77. The predicted molar refractivity (Wildman–Crippen MR) is 85.1 cm³/mol. The Morgan fingerprint density at radius 2 is 2.20 bits per heavy atom. The summed E-state index contributed by atoms with van der Waals surface area (Å²) in [7, 11) is 1.69. The van der Waals surface area contributed by atoms with Crippen molar-refractivity contribution in [1.29, 1.82) is 0 Å². The van der Waals surface area contributed by atoms with Crippen LogP contribution in [0.4, 0.5) is 0 Å². The number of aryl methyl sites for hydroxylation is 2. The maximum absolute atomic E-state index is 6.00. The van der Waals surface area contributed by atoms with Gasteiger partial charge in [-0.3, -0.25) is 5.32 Å². The van der Waals surface area contributed by atoms with Gasteiger partial charge in [0.25, 0.3) is 0 Å². The van der Waals surface area contributed by atoms with Crippen LogP contribution in [0.5, 0.6) is 0 Å². The molecular weight excluding hydrogens is 314 g/mol. The molecule has 0 aliphatic rings. The molecule has 0 saturated carbocycles. The predicted octanol–water partition coefficient (Wildman–Crippen LogP) is 3.45. The zero-order valence-corrected chi connectivity index (χ0v) is 14.2. The van der Waals surface area contributed by atoms with E-state index in [-0.39, 0.29) is 6.04 Å². The zero-order chi connectivity index (χ0) is 14.5. The second-order valence-electron chi connectivity index (χ2n) is 4.29. The van der Waals surface area contributed by atoms with Gasteiger partial charge in [-0.25, -0.2) is 9.97 Å². The van der Waals surface area contributed by atoms with Gasteiger partial charge >= 0.3 is 0 Å². The number of hydrogen-bond donors (Lipinski definition) is 1. The second-order valence-corrected chi connectivity index (χ2v) is 7.22. The molecule has 1 N–H and O–H groups in total. The van der Waals surface area contributed by atoms with Crippen molar-refractivity contribution >= 4 is 34.3 Å². The SMILES string of the molecule is CCc1nc(C(NCCOC)c2ncc(Cl)s2)sc1C. The second kappa shape index (κ2) is 7.47. The third-order valence-electron chi connectivity index (χ3n) is 2.89. The molecule has 0 aliphatic heterocycles. The van der Waals surface area contributed by atoms with E-state index >= 15 is 0 Å². The fourth-order valence-corrected chi connectivity index (χ4v) is 4.06. The Morgan fingerprint density at radius 3 is 2.75 bits per heavy atom. The van der Waals surface area contributed by atoms with Crippen molar-refractivity contribution in [1.82, 2.24) is 15.3 Å². The lowest BCUT2D eigenvalue weighted by Crippen LogP contribution is -2.25. The van der Waals surface area contributed by atoms with Crippen molar-refractivity contribution in [2.45, 2.75) is 26.3 Å². The lowest BCUT2D eigenvalue weighted by Gasteiger charge is -2.13. The molecular formula is C13H18ClN3OS2. The molecule has 2 aromatic heterocycles. The molecule has 2 aromatic rings. The van der Waals surface area contributed by atoms with E-state index < -0.39 is 0 Å². The van der Waals surface area contributed by atoms with Gasteiger partial charge < -0.3 is 4.74 Å². The van der Waals surface area contributed by atoms with Gasteiger partial charge in [0.05, 0.1) is 18.5 Å². The summed E-state index contributed by atoms with van der Waals surface area (Å²) in [6.07, 6.45) is 2.64. The van der Waals surface area contributed by atoms with Crippen LogP contribution in [0, 0.1) is 6.92 Å². The van der Waals surface area contributed by atoms with Gasteiger partial charge in [-0.1, -0.05) is 18.5 Å². The number of halogens is 1. The van der Waals surface area contributed by atoms with E-state index in [1.165, 1.54) is 16.2 Å². The average Bonchev–Trinajstić information content (AvgIpc) is 3.01. The topological polar surface area (TPSA) is 47.0 Å². The average molecular weight is 332 g/mol. The first-order valence-corrected chi connectivity index (χ1v) is 8.46. The highest BCUT2D eigenvalue weighted by atomic mass is 35.5. The number of nitrogens with zero attached hydrogens (tertiary/aromatic N) is 2. The molecule has 110 valence electrons. The Labute approximate surface area is 132 Å². The molecule has 2 heterocycles. The molecule has 0 spiro atoms. The molecule has 1 atom stereocenters. The Balaban J connectivity index is 2.24. The van der Waals surface area contributed by atoms with Crippen LogP contribution in [0.1, 0.15) is 33.6 Å². The lowest BCUT2D eigenvalue weighted by molar-refractivity contribution is 0.197. The van der Waals surface area contributed by atoms with Gasteiger partial charge in [0.1, 0.15) is 20.4 Å². The molecule has 1 unspecified atom stereocenters. The summed E-state index contributed by atoms with van der Waals surface area (Å²) >= 11 is 9.21. The van der Waals surface area contributed by atoms with Gasteiger partial charge in [0.2, 0.25) is 0 Å². The number of thiazole rings is 2. The monoisotopic (exact) mass is 331 g/mol. The van der Waals surface area contributed by atoms with Gasteiger partial charge in [0.15, 0.2) is 0 Å². The van der Waals surface area contributed by atoms with E-state index in [2.05, 4.69) is 24.1 Å². The molecule has 20 heavy (non-hydrogen) atoms. The minimum Gasteiger partial charge on any atom is -0.383 e. The first-order valence-electron chi connectivity index (χ1n) is 6.45. The number of nitrogens with one attached hydrogen (secondary N) is 1. The van der Waals surface area contributed by atoms with E-state index in [0.717, 1.165) is 28.7 Å². The van der Waals surface area contributed by atoms with Gasteiger partial charge in [-0.2, -0.15) is 0 Å². The maximum atomic E-state index is 6.00. The Hall–Kier alpha value is -0.530. The normalized spacial score (nSPS) is 12.8. The maximum Gasteiger partial charge on any atom is 0.118 e. The summed E-state index contributed by atoms with van der Waals surface area (Å²) in [5.41, 5.74) is 1.16. The zero-order valence-electron chi connectivity index (χ0n) is 11.8. The molecule has 0 fully saturated rings. The van der Waals surface area contributed by atoms with Crippen LogP contribution in [-0.4, -0.2) is 30.2 Å². The fourth-order valence-electron chi connectivity index (χ4n) is 1.89. The molecule has 7 heteroatoms. The van der Waals surface area contributed by atoms with Crippen LogP contribution in [0.2, 0.25) is 4.34 Å². The smallest absolute Gasteiger partial charge is 0.118 e. The van der Waals surface area contributed by atoms with Crippen LogP contribution >= 0.6 is 34.3 Å². The summed E-state index contributed by atoms with van der Waals surface area (Å²) < 4.78 is 5.79. The number of ether oxygens (including phenoxy) is 1. The molecule has 0 aromatic carbocycles. The quantitative estimate of drug-likeness (QED) is 0.789. The molecule has 0 aliphatic carbocycles. The minimum atomic E-state index is -0.00773. The lowest BCUT2D eigenvalue weighted by atomic mass is 10.3. The van der Waals surface area contributed by atoms with Crippen LogP contribution in [-0.2, 0) is 11.2 Å². The van der Waals surface area contributed by atoms with Crippen LogP contribution in [0.25, 0.3) is 0 Å². The molecule has 0 bridgehead atoms. The minimum absolute atomic E-state index is 0.00773. The van der Waals surface area contributed by atoms with Crippen molar-refractivity contribution in [3.63, 3.8) is 0 Å². The Morgan fingerprint density at radius 1 is 1.40 bits per heavy atom.